The molecule has 0 heterocycles. The van der Waals surface area contributed by atoms with Crippen LogP contribution in [-0.4, -0.2) is 13.1 Å². The van der Waals surface area contributed by atoms with E-state index in [-0.39, 0.29) is 0 Å². The summed E-state index contributed by atoms with van der Waals surface area (Å²) in [6.07, 6.45) is 0. The Balaban J connectivity index is 2.61. The molecule has 1 aromatic carbocycles. The van der Waals surface area contributed by atoms with E-state index < -0.39 is 6.03 Å². The molecular weight excluding hydrogens is 168 g/mol. The number of hydrogen-bond donors (Lipinski definition) is 2. The molecular formula is C9H12N2O2. The fraction of sp³-hybridized carbons (Fsp3) is 0.222. The maximum Gasteiger partial charge on any atom is 0.312 e. The van der Waals surface area contributed by atoms with Gasteiger partial charge in [-0.05, 0) is 17.7 Å². The lowest BCUT2D eigenvalue weighted by Crippen LogP contribution is -2.28. The van der Waals surface area contributed by atoms with Gasteiger partial charge in [0.15, 0.2) is 0 Å². The topological polar surface area (TPSA) is 64.3 Å². The minimum atomic E-state index is -0.525. The quantitative estimate of drug-likeness (QED) is 0.724. The molecule has 0 radical (unpaired) electrons. The van der Waals surface area contributed by atoms with Crippen molar-refractivity contribution in [1.29, 1.82) is 0 Å². The maximum absolute atomic E-state index is 10.4. The van der Waals surface area contributed by atoms with Crippen LogP contribution in [0.25, 0.3) is 0 Å². The number of methoxy groups -OCH3 is 1. The summed E-state index contributed by atoms with van der Waals surface area (Å²) < 4.78 is 5.02. The standard InChI is InChI=1S/C9H12N2O2/c1-13-8-4-2-3-7(5-8)6-11-9(10)12/h2-5H,6H2,1H3,(H3,10,11,12). The third-order valence-corrected chi connectivity index (χ3v) is 1.60. The largest absolute Gasteiger partial charge is 0.497 e. The average Bonchev–Trinajstić information content (AvgIpc) is 2.15. The molecule has 3 N–H and O–H groups in total. The van der Waals surface area contributed by atoms with Crippen LogP contribution in [0.3, 0.4) is 0 Å². The molecule has 70 valence electrons. The number of carbonyl (C=O) groups is 1. The van der Waals surface area contributed by atoms with E-state index in [1.54, 1.807) is 7.11 Å². The molecule has 4 heteroatoms. The number of ether oxygens (including phenoxy) is 1. The summed E-state index contributed by atoms with van der Waals surface area (Å²) in [5.74, 6) is 0.767. The second-order valence-corrected chi connectivity index (χ2v) is 2.57. The van der Waals surface area contributed by atoms with E-state index in [1.807, 2.05) is 24.3 Å². The van der Waals surface area contributed by atoms with E-state index in [4.69, 9.17) is 10.5 Å². The Morgan fingerprint density at radius 2 is 2.38 bits per heavy atom. The van der Waals surface area contributed by atoms with Gasteiger partial charge in [0.1, 0.15) is 5.75 Å². The summed E-state index contributed by atoms with van der Waals surface area (Å²) in [4.78, 5) is 10.4. The van der Waals surface area contributed by atoms with Crippen molar-refractivity contribution in [3.05, 3.63) is 29.8 Å². The zero-order valence-electron chi connectivity index (χ0n) is 7.41. The third kappa shape index (κ3) is 3.02. The predicted molar refractivity (Wildman–Crippen MR) is 49.4 cm³/mol. The summed E-state index contributed by atoms with van der Waals surface area (Å²) in [5.41, 5.74) is 5.89. The molecule has 0 aliphatic carbocycles. The van der Waals surface area contributed by atoms with Crippen molar-refractivity contribution in [1.82, 2.24) is 5.32 Å². The Kier molecular flexibility index (Phi) is 3.14. The van der Waals surface area contributed by atoms with Crippen LogP contribution in [0.2, 0.25) is 0 Å². The van der Waals surface area contributed by atoms with Gasteiger partial charge in [0.05, 0.1) is 7.11 Å². The molecule has 0 aliphatic heterocycles. The van der Waals surface area contributed by atoms with E-state index in [9.17, 15) is 4.79 Å². The smallest absolute Gasteiger partial charge is 0.312 e. The van der Waals surface area contributed by atoms with Crippen LogP contribution in [-0.2, 0) is 6.54 Å². The van der Waals surface area contributed by atoms with E-state index in [0.29, 0.717) is 6.54 Å². The van der Waals surface area contributed by atoms with Gasteiger partial charge in [-0.1, -0.05) is 12.1 Å². The number of nitrogens with one attached hydrogen (secondary N) is 1. The second kappa shape index (κ2) is 4.35. The summed E-state index contributed by atoms with van der Waals surface area (Å²) >= 11 is 0. The first-order chi connectivity index (χ1) is 6.22. The number of nitrogens with two attached hydrogens (primary N) is 1. The number of urea groups is 1. The van der Waals surface area contributed by atoms with Gasteiger partial charge in [-0.25, -0.2) is 4.79 Å². The number of rotatable bonds is 3. The Morgan fingerprint density at radius 1 is 1.62 bits per heavy atom. The van der Waals surface area contributed by atoms with E-state index in [2.05, 4.69) is 5.32 Å². The van der Waals surface area contributed by atoms with E-state index in [1.165, 1.54) is 0 Å². The highest BCUT2D eigenvalue weighted by atomic mass is 16.5. The van der Waals surface area contributed by atoms with Crippen LogP contribution in [0, 0.1) is 0 Å². The fourth-order valence-corrected chi connectivity index (χ4v) is 0.972. The Hall–Kier alpha value is -1.71. The molecule has 0 fully saturated rings. The lowest BCUT2D eigenvalue weighted by molar-refractivity contribution is 0.248. The SMILES string of the molecule is COc1cccc(CNC(N)=O)c1. The van der Waals surface area contributed by atoms with Crippen LogP contribution in [0.15, 0.2) is 24.3 Å². The van der Waals surface area contributed by atoms with Crippen molar-refractivity contribution in [3.8, 4) is 5.75 Å². The van der Waals surface area contributed by atoms with Crippen molar-refractivity contribution >= 4 is 6.03 Å². The van der Waals surface area contributed by atoms with Crippen molar-refractivity contribution in [3.63, 3.8) is 0 Å². The monoisotopic (exact) mass is 180 g/mol. The van der Waals surface area contributed by atoms with Gasteiger partial charge < -0.3 is 15.8 Å². The molecule has 13 heavy (non-hydrogen) atoms. The van der Waals surface area contributed by atoms with Gasteiger partial charge >= 0.3 is 6.03 Å². The molecule has 0 bridgehead atoms. The second-order valence-electron chi connectivity index (χ2n) is 2.57. The van der Waals surface area contributed by atoms with Gasteiger partial charge in [-0.2, -0.15) is 0 Å². The molecule has 0 aliphatic rings. The zero-order chi connectivity index (χ0) is 9.68. The lowest BCUT2D eigenvalue weighted by Gasteiger charge is -2.04. The summed E-state index contributed by atoms with van der Waals surface area (Å²) in [7, 11) is 1.60. The average molecular weight is 180 g/mol. The zero-order valence-corrected chi connectivity index (χ0v) is 7.41. The molecule has 1 rings (SSSR count). The third-order valence-electron chi connectivity index (χ3n) is 1.60. The first kappa shape index (κ1) is 9.38. The van der Waals surface area contributed by atoms with Crippen molar-refractivity contribution in [2.45, 2.75) is 6.54 Å². The Labute approximate surface area is 76.7 Å². The number of hydrogen-bond acceptors (Lipinski definition) is 2. The predicted octanol–water partition coefficient (Wildman–Crippen LogP) is 0.864. The summed E-state index contributed by atoms with van der Waals surface area (Å²) in [6.45, 7) is 0.423. The summed E-state index contributed by atoms with van der Waals surface area (Å²) in [5, 5.41) is 2.50. The molecule has 0 saturated carbocycles. The summed E-state index contributed by atoms with van der Waals surface area (Å²) in [6, 6.07) is 6.90. The fourth-order valence-electron chi connectivity index (χ4n) is 0.972. The molecule has 0 aromatic heterocycles. The lowest BCUT2D eigenvalue weighted by atomic mass is 10.2. The van der Waals surface area contributed by atoms with Crippen LogP contribution in [0.5, 0.6) is 5.75 Å². The molecule has 4 nitrogen and oxygen atoms in total. The highest BCUT2D eigenvalue weighted by Gasteiger charge is 1.96. The van der Waals surface area contributed by atoms with Crippen LogP contribution < -0.4 is 15.8 Å². The molecule has 0 spiro atoms. The maximum atomic E-state index is 10.4. The molecule has 0 saturated heterocycles. The van der Waals surface area contributed by atoms with Crippen LogP contribution in [0.4, 0.5) is 4.79 Å². The first-order valence-corrected chi connectivity index (χ1v) is 3.88. The van der Waals surface area contributed by atoms with Crippen molar-refractivity contribution in [2.75, 3.05) is 7.11 Å². The number of amides is 2. The van der Waals surface area contributed by atoms with Gasteiger partial charge in [-0.15, -0.1) is 0 Å². The first-order valence-electron chi connectivity index (χ1n) is 3.88. The van der Waals surface area contributed by atoms with E-state index >= 15 is 0 Å². The molecule has 1 aromatic rings. The highest BCUT2D eigenvalue weighted by molar-refractivity contribution is 5.71. The molecule has 0 atom stereocenters. The molecule has 0 unspecified atom stereocenters. The minimum Gasteiger partial charge on any atom is -0.497 e. The highest BCUT2D eigenvalue weighted by Crippen LogP contribution is 2.11. The van der Waals surface area contributed by atoms with Crippen LogP contribution in [0.1, 0.15) is 5.56 Å². The Morgan fingerprint density at radius 3 is 3.00 bits per heavy atom. The van der Waals surface area contributed by atoms with Gasteiger partial charge in [0, 0.05) is 6.54 Å². The number of primary amides is 1. The Bertz CT molecular complexity index is 299. The van der Waals surface area contributed by atoms with Crippen LogP contribution >= 0.6 is 0 Å². The van der Waals surface area contributed by atoms with Crippen molar-refractivity contribution in [2.24, 2.45) is 5.73 Å². The van der Waals surface area contributed by atoms with Gasteiger partial charge in [0.25, 0.3) is 0 Å². The normalized spacial score (nSPS) is 9.31. The number of carbonyl (C=O) groups excluding carboxylic acids is 1. The minimum absolute atomic E-state index is 0.423. The number of benzene rings is 1. The van der Waals surface area contributed by atoms with Gasteiger partial charge in [0.2, 0.25) is 0 Å². The van der Waals surface area contributed by atoms with Gasteiger partial charge in [-0.3, -0.25) is 0 Å². The van der Waals surface area contributed by atoms with E-state index in [0.717, 1.165) is 11.3 Å². The van der Waals surface area contributed by atoms with Crippen molar-refractivity contribution < 1.29 is 9.53 Å². The molecule has 2 amide bonds.